The number of hydrogen-bond acceptors (Lipinski definition) is 7. The molecule has 1 aliphatic rings. The Morgan fingerprint density at radius 1 is 1.18 bits per heavy atom. The zero-order valence-corrected chi connectivity index (χ0v) is 25.0. The zero-order chi connectivity index (χ0) is 27.3. The maximum Gasteiger partial charge on any atom is 0.178 e. The van der Waals surface area contributed by atoms with Gasteiger partial charge in [0.2, 0.25) is 0 Å². The average Bonchev–Trinajstić information content (AvgIpc) is 2.95. The van der Waals surface area contributed by atoms with Gasteiger partial charge < -0.3 is 4.90 Å². The number of benzene rings is 1. The molecule has 2 aromatic rings. The second-order valence-electron chi connectivity index (χ2n) is 9.17. The maximum atomic E-state index is 5.15. The minimum absolute atomic E-state index is 0.559. The van der Waals surface area contributed by atoms with E-state index in [-0.39, 0.29) is 0 Å². The molecule has 202 valence electrons. The molecule has 0 fully saturated rings. The SMILES string of the molecule is C=CS/C(=C\CC)c1nc(N=C)c(/C=C(\C)N(C)CCN(CC)Cc2ccccc2)nc1C1=CCCCS1. The van der Waals surface area contributed by atoms with Crippen LogP contribution in [-0.4, -0.2) is 58.9 Å². The Bertz CT molecular complexity index is 1170. The highest BCUT2D eigenvalue weighted by Crippen LogP contribution is 2.40. The molecule has 5 nitrogen and oxygen atoms in total. The molecule has 0 spiro atoms. The van der Waals surface area contributed by atoms with Crippen LogP contribution in [0.1, 0.15) is 62.7 Å². The Balaban J connectivity index is 1.88. The summed E-state index contributed by atoms with van der Waals surface area (Å²) < 4.78 is 0. The molecule has 0 amide bonds. The molecule has 0 aliphatic carbocycles. The first-order valence-electron chi connectivity index (χ1n) is 13.4. The quantitative estimate of drug-likeness (QED) is 0.223. The van der Waals surface area contributed by atoms with E-state index in [0.29, 0.717) is 5.82 Å². The van der Waals surface area contributed by atoms with E-state index in [9.17, 15) is 0 Å². The molecule has 1 aromatic carbocycles. The average molecular weight is 548 g/mol. The lowest BCUT2D eigenvalue weighted by Gasteiger charge is -2.26. The number of rotatable bonds is 14. The van der Waals surface area contributed by atoms with E-state index in [4.69, 9.17) is 9.97 Å². The number of aliphatic imine (C=N–C) groups is 1. The summed E-state index contributed by atoms with van der Waals surface area (Å²) in [5.74, 6) is 1.66. The number of thioether (sulfide) groups is 2. The Morgan fingerprint density at radius 2 is 1.97 bits per heavy atom. The third-order valence-corrected chi connectivity index (χ3v) is 8.40. The van der Waals surface area contributed by atoms with Crippen LogP contribution in [0.5, 0.6) is 0 Å². The van der Waals surface area contributed by atoms with Crippen molar-refractivity contribution < 1.29 is 0 Å². The second kappa shape index (κ2) is 15.7. The van der Waals surface area contributed by atoms with Crippen LogP contribution in [0, 0.1) is 0 Å². The topological polar surface area (TPSA) is 44.6 Å². The number of hydrogen-bond donors (Lipinski definition) is 0. The standard InChI is InChI=1S/C31H41N5S2/c1-7-15-27(37-9-3)30-29(28-18-13-14-21-38-28)33-26(31(32-5)34-30)22-24(4)35(6)19-20-36(8-2)23-25-16-11-10-12-17-25/h9-12,15-18,22H,3,5,7-8,13-14,19-21,23H2,1-2,4,6H3/b24-22+,27-15-. The fourth-order valence-electron chi connectivity index (χ4n) is 4.16. The normalized spacial score (nSPS) is 14.4. The van der Waals surface area contributed by atoms with E-state index >= 15 is 0 Å². The van der Waals surface area contributed by atoms with E-state index in [1.54, 1.807) is 11.8 Å². The van der Waals surface area contributed by atoms with Crippen LogP contribution < -0.4 is 0 Å². The van der Waals surface area contributed by atoms with Crippen molar-refractivity contribution in [3.8, 4) is 0 Å². The first kappa shape index (κ1) is 29.9. The van der Waals surface area contributed by atoms with E-state index in [2.05, 4.69) is 104 Å². The summed E-state index contributed by atoms with van der Waals surface area (Å²) in [5.41, 5.74) is 5.01. The van der Waals surface area contributed by atoms with Crippen LogP contribution in [0.15, 0.2) is 65.2 Å². The summed E-state index contributed by atoms with van der Waals surface area (Å²) >= 11 is 3.44. The molecule has 0 radical (unpaired) electrons. The molecule has 38 heavy (non-hydrogen) atoms. The van der Waals surface area contributed by atoms with E-state index in [1.807, 2.05) is 17.2 Å². The van der Waals surface area contributed by atoms with Crippen molar-refractivity contribution in [3.05, 3.63) is 82.8 Å². The van der Waals surface area contributed by atoms with Crippen LogP contribution in [-0.2, 0) is 6.54 Å². The van der Waals surface area contributed by atoms with Crippen LogP contribution >= 0.6 is 23.5 Å². The fourth-order valence-corrected chi connectivity index (χ4v) is 5.90. The number of allylic oxidation sites excluding steroid dienone is 3. The van der Waals surface area contributed by atoms with E-state index in [0.717, 1.165) is 72.5 Å². The molecule has 3 rings (SSSR count). The van der Waals surface area contributed by atoms with Gasteiger partial charge in [-0.1, -0.05) is 74.7 Å². The minimum atomic E-state index is 0.559. The number of nitrogens with zero attached hydrogens (tertiary/aromatic N) is 5. The van der Waals surface area contributed by atoms with Gasteiger partial charge in [-0.15, -0.1) is 11.8 Å². The Hall–Kier alpha value is -2.61. The van der Waals surface area contributed by atoms with Gasteiger partial charge in [-0.25, -0.2) is 15.0 Å². The van der Waals surface area contributed by atoms with Gasteiger partial charge in [0.1, 0.15) is 17.1 Å². The molecule has 1 aromatic heterocycles. The lowest BCUT2D eigenvalue weighted by molar-refractivity contribution is 0.247. The van der Waals surface area contributed by atoms with Crippen LogP contribution in [0.2, 0.25) is 0 Å². The third kappa shape index (κ3) is 8.45. The van der Waals surface area contributed by atoms with Gasteiger partial charge in [-0.3, -0.25) is 4.90 Å². The summed E-state index contributed by atoms with van der Waals surface area (Å²) in [5, 5.41) is 1.85. The fraction of sp³-hybridized carbons (Fsp3) is 0.387. The molecule has 0 saturated heterocycles. The molecule has 0 saturated carbocycles. The summed E-state index contributed by atoms with van der Waals surface area (Å²) in [6, 6.07) is 10.7. The predicted octanol–water partition coefficient (Wildman–Crippen LogP) is 8.12. The van der Waals surface area contributed by atoms with Gasteiger partial charge >= 0.3 is 0 Å². The predicted molar refractivity (Wildman–Crippen MR) is 171 cm³/mol. The Kier molecular flexibility index (Phi) is 12.4. The van der Waals surface area contributed by atoms with Gasteiger partial charge in [0.15, 0.2) is 5.82 Å². The van der Waals surface area contributed by atoms with Gasteiger partial charge in [0.25, 0.3) is 0 Å². The summed E-state index contributed by atoms with van der Waals surface area (Å²) in [6.07, 6.45) is 9.74. The van der Waals surface area contributed by atoms with Crippen molar-refractivity contribution in [2.75, 3.05) is 32.4 Å². The molecule has 0 bridgehead atoms. The molecule has 1 aliphatic heterocycles. The molecular weight excluding hydrogens is 507 g/mol. The summed E-state index contributed by atoms with van der Waals surface area (Å²) in [6.45, 7) is 18.1. The highest BCUT2D eigenvalue weighted by Gasteiger charge is 2.20. The van der Waals surface area contributed by atoms with Crippen molar-refractivity contribution in [3.63, 3.8) is 0 Å². The molecule has 7 heteroatoms. The summed E-state index contributed by atoms with van der Waals surface area (Å²) in [7, 11) is 2.13. The highest BCUT2D eigenvalue weighted by molar-refractivity contribution is 8.11. The lowest BCUT2D eigenvalue weighted by atomic mass is 10.2. The summed E-state index contributed by atoms with van der Waals surface area (Å²) in [4.78, 5) is 21.4. The highest BCUT2D eigenvalue weighted by atomic mass is 32.2. The Labute approximate surface area is 237 Å². The lowest BCUT2D eigenvalue weighted by Crippen LogP contribution is -2.32. The van der Waals surface area contributed by atoms with Crippen LogP contribution in [0.25, 0.3) is 15.9 Å². The van der Waals surface area contributed by atoms with Crippen molar-refractivity contribution in [2.24, 2.45) is 4.99 Å². The van der Waals surface area contributed by atoms with Crippen molar-refractivity contribution in [2.45, 2.75) is 46.6 Å². The molecule has 0 atom stereocenters. The Morgan fingerprint density at radius 3 is 2.61 bits per heavy atom. The maximum absolute atomic E-state index is 5.15. The van der Waals surface area contributed by atoms with Gasteiger partial charge in [0, 0.05) is 42.2 Å². The molecule has 2 heterocycles. The van der Waals surface area contributed by atoms with Crippen molar-refractivity contribution >= 4 is 51.9 Å². The van der Waals surface area contributed by atoms with Crippen molar-refractivity contribution in [1.29, 1.82) is 0 Å². The first-order chi connectivity index (χ1) is 18.5. The second-order valence-corrected chi connectivity index (χ2v) is 11.3. The smallest absolute Gasteiger partial charge is 0.178 e. The van der Waals surface area contributed by atoms with Crippen LogP contribution in [0.3, 0.4) is 0 Å². The largest absolute Gasteiger partial charge is 0.377 e. The van der Waals surface area contributed by atoms with E-state index < -0.39 is 0 Å². The molecule has 0 N–H and O–H groups in total. The van der Waals surface area contributed by atoms with Gasteiger partial charge in [0.05, 0.1) is 0 Å². The van der Waals surface area contributed by atoms with Crippen LogP contribution in [0.4, 0.5) is 5.82 Å². The number of likely N-dealkylation sites (N-methyl/N-ethyl adjacent to an activating group) is 2. The minimum Gasteiger partial charge on any atom is -0.377 e. The monoisotopic (exact) mass is 547 g/mol. The van der Waals surface area contributed by atoms with Crippen molar-refractivity contribution in [1.82, 2.24) is 19.8 Å². The molecular formula is C31H41N5S2. The third-order valence-electron chi connectivity index (χ3n) is 6.45. The first-order valence-corrected chi connectivity index (χ1v) is 15.2. The molecule has 0 unspecified atom stereocenters. The van der Waals surface area contributed by atoms with E-state index in [1.165, 1.54) is 16.9 Å². The number of aromatic nitrogens is 2. The van der Waals surface area contributed by atoms with Gasteiger partial charge in [-0.2, -0.15) is 0 Å². The van der Waals surface area contributed by atoms with Gasteiger partial charge in [-0.05, 0) is 62.2 Å². The zero-order valence-electron chi connectivity index (χ0n) is 23.3.